The van der Waals surface area contributed by atoms with Crippen LogP contribution in [0.2, 0.25) is 0 Å². The lowest BCUT2D eigenvalue weighted by atomic mass is 10.1. The van der Waals surface area contributed by atoms with Crippen molar-refractivity contribution in [2.75, 3.05) is 6.61 Å². The Hall–Kier alpha value is -2.03. The maximum Gasteiger partial charge on any atom is 0.341 e. The van der Waals surface area contributed by atoms with E-state index in [9.17, 15) is 9.90 Å². The Bertz CT molecular complexity index is 649. The summed E-state index contributed by atoms with van der Waals surface area (Å²) in [5, 5.41) is 11.9. The first kappa shape index (κ1) is 18.3. The van der Waals surface area contributed by atoms with Gasteiger partial charge in [0.1, 0.15) is 11.3 Å². The summed E-state index contributed by atoms with van der Waals surface area (Å²) in [7, 11) is 0. The van der Waals surface area contributed by atoms with Crippen LogP contribution in [0.5, 0.6) is 5.75 Å². The molecule has 0 amide bonds. The zero-order valence-electron chi connectivity index (χ0n) is 14.6. The molecule has 2 aromatic rings. The largest absolute Gasteiger partial charge is 0.507 e. The highest BCUT2D eigenvalue weighted by Gasteiger charge is 2.13. The van der Waals surface area contributed by atoms with Gasteiger partial charge in [0, 0.05) is 0 Å². The van der Waals surface area contributed by atoms with Gasteiger partial charge in [-0.3, -0.25) is 0 Å². The molecule has 130 valence electrons. The fourth-order valence-corrected chi connectivity index (χ4v) is 2.87. The van der Waals surface area contributed by atoms with Gasteiger partial charge in [-0.15, -0.1) is 0 Å². The van der Waals surface area contributed by atoms with Gasteiger partial charge < -0.3 is 9.84 Å². The van der Waals surface area contributed by atoms with E-state index < -0.39 is 5.97 Å². The van der Waals surface area contributed by atoms with Crippen LogP contribution in [0.3, 0.4) is 0 Å². The molecule has 0 aliphatic heterocycles. The molecule has 0 aliphatic rings. The van der Waals surface area contributed by atoms with E-state index >= 15 is 0 Å². The minimum Gasteiger partial charge on any atom is -0.507 e. The highest BCUT2D eigenvalue weighted by Crippen LogP contribution is 2.25. The molecular weight excluding hydrogens is 300 g/mol. The van der Waals surface area contributed by atoms with Crippen LogP contribution in [-0.4, -0.2) is 17.7 Å². The molecule has 0 spiro atoms. The lowest BCUT2D eigenvalue weighted by molar-refractivity contribution is 0.0494. The molecule has 0 radical (unpaired) electrons. The van der Waals surface area contributed by atoms with E-state index in [4.69, 9.17) is 4.74 Å². The van der Waals surface area contributed by atoms with E-state index in [0.717, 1.165) is 23.6 Å². The molecule has 0 fully saturated rings. The molecule has 0 aliphatic carbocycles. The van der Waals surface area contributed by atoms with Crippen LogP contribution in [0.25, 0.3) is 10.8 Å². The number of benzene rings is 2. The Morgan fingerprint density at radius 1 is 0.917 bits per heavy atom. The van der Waals surface area contributed by atoms with Crippen molar-refractivity contribution in [2.24, 2.45) is 0 Å². The number of phenols is 1. The van der Waals surface area contributed by atoms with Gasteiger partial charge in [0.15, 0.2) is 0 Å². The maximum absolute atomic E-state index is 12.1. The average Bonchev–Trinajstić information content (AvgIpc) is 2.59. The van der Waals surface area contributed by atoms with Crippen LogP contribution in [-0.2, 0) is 4.74 Å². The van der Waals surface area contributed by atoms with Gasteiger partial charge in [-0.2, -0.15) is 0 Å². The van der Waals surface area contributed by atoms with Gasteiger partial charge >= 0.3 is 5.97 Å². The van der Waals surface area contributed by atoms with E-state index in [2.05, 4.69) is 6.92 Å². The third kappa shape index (κ3) is 5.55. The zero-order valence-corrected chi connectivity index (χ0v) is 14.6. The number of hydrogen-bond donors (Lipinski definition) is 1. The highest BCUT2D eigenvalue weighted by molar-refractivity contribution is 5.98. The average molecular weight is 328 g/mol. The number of carbonyl (C=O) groups is 1. The first-order valence-electron chi connectivity index (χ1n) is 9.11. The van der Waals surface area contributed by atoms with Gasteiger partial charge in [0.05, 0.1) is 6.61 Å². The van der Waals surface area contributed by atoms with E-state index in [1.54, 1.807) is 12.1 Å². The van der Waals surface area contributed by atoms with Crippen LogP contribution in [0, 0.1) is 0 Å². The minimum atomic E-state index is -0.443. The standard InChI is InChI=1S/C21H28O3/c1-2-3-4-5-6-7-8-11-14-24-21(23)19-15-17-12-9-10-13-18(17)16-20(19)22/h9-10,12-13,15-16,22H,2-8,11,14H2,1H3. The van der Waals surface area contributed by atoms with Crippen molar-refractivity contribution >= 4 is 16.7 Å². The molecule has 24 heavy (non-hydrogen) atoms. The highest BCUT2D eigenvalue weighted by atomic mass is 16.5. The van der Waals surface area contributed by atoms with Gasteiger partial charge in [-0.05, 0) is 29.3 Å². The summed E-state index contributed by atoms with van der Waals surface area (Å²) >= 11 is 0. The van der Waals surface area contributed by atoms with Crippen LogP contribution < -0.4 is 0 Å². The molecule has 2 rings (SSSR count). The molecule has 3 nitrogen and oxygen atoms in total. The molecule has 3 heteroatoms. The van der Waals surface area contributed by atoms with Gasteiger partial charge in [0.25, 0.3) is 0 Å². The number of fused-ring (bicyclic) bond motifs is 1. The Kier molecular flexibility index (Phi) is 7.60. The fourth-order valence-electron chi connectivity index (χ4n) is 2.87. The lowest BCUT2D eigenvalue weighted by Crippen LogP contribution is -2.07. The number of unbranched alkanes of at least 4 members (excludes halogenated alkanes) is 7. The van der Waals surface area contributed by atoms with E-state index in [1.807, 2.05) is 24.3 Å². The number of hydrogen-bond acceptors (Lipinski definition) is 3. The molecule has 1 N–H and O–H groups in total. The number of carbonyl (C=O) groups excluding carboxylic acids is 1. The number of esters is 1. The normalized spacial score (nSPS) is 10.9. The first-order valence-corrected chi connectivity index (χ1v) is 9.11. The third-order valence-electron chi connectivity index (χ3n) is 4.31. The van der Waals surface area contributed by atoms with Crippen molar-refractivity contribution in [2.45, 2.75) is 58.3 Å². The van der Waals surface area contributed by atoms with E-state index in [0.29, 0.717) is 6.61 Å². The summed E-state index contributed by atoms with van der Waals surface area (Å²) in [4.78, 5) is 12.1. The predicted octanol–water partition coefficient (Wildman–Crippen LogP) is 5.84. The van der Waals surface area contributed by atoms with Crippen LogP contribution in [0.15, 0.2) is 36.4 Å². The van der Waals surface area contributed by atoms with Crippen molar-refractivity contribution < 1.29 is 14.6 Å². The van der Waals surface area contributed by atoms with Crippen molar-refractivity contribution in [3.8, 4) is 5.75 Å². The molecule has 0 saturated heterocycles. The quantitative estimate of drug-likeness (QED) is 0.440. The van der Waals surface area contributed by atoms with E-state index in [-0.39, 0.29) is 11.3 Å². The van der Waals surface area contributed by atoms with E-state index in [1.165, 1.54) is 38.5 Å². The van der Waals surface area contributed by atoms with Gasteiger partial charge in [0.2, 0.25) is 0 Å². The van der Waals surface area contributed by atoms with Crippen molar-refractivity contribution in [1.29, 1.82) is 0 Å². The third-order valence-corrected chi connectivity index (χ3v) is 4.31. The fraction of sp³-hybridized carbons (Fsp3) is 0.476. The second-order valence-electron chi connectivity index (χ2n) is 6.33. The molecule has 0 saturated carbocycles. The summed E-state index contributed by atoms with van der Waals surface area (Å²) in [5.41, 5.74) is 0.244. The molecule has 0 atom stereocenters. The lowest BCUT2D eigenvalue weighted by Gasteiger charge is -2.08. The van der Waals surface area contributed by atoms with Crippen LogP contribution in [0.4, 0.5) is 0 Å². The van der Waals surface area contributed by atoms with Crippen molar-refractivity contribution in [1.82, 2.24) is 0 Å². The van der Waals surface area contributed by atoms with Gasteiger partial charge in [-0.25, -0.2) is 4.79 Å². The number of aromatic hydroxyl groups is 1. The van der Waals surface area contributed by atoms with Crippen LogP contribution in [0.1, 0.15) is 68.6 Å². The Morgan fingerprint density at radius 2 is 1.50 bits per heavy atom. The topological polar surface area (TPSA) is 46.5 Å². The van der Waals surface area contributed by atoms with Gasteiger partial charge in [-0.1, -0.05) is 76.1 Å². The second kappa shape index (κ2) is 9.96. The minimum absolute atomic E-state index is 0.0189. The summed E-state index contributed by atoms with van der Waals surface area (Å²) in [6, 6.07) is 11.0. The number of phenolic OH excluding ortho intramolecular Hbond substituents is 1. The Balaban J connectivity index is 1.72. The number of rotatable bonds is 10. The Morgan fingerprint density at radius 3 is 2.17 bits per heavy atom. The smallest absolute Gasteiger partial charge is 0.341 e. The maximum atomic E-state index is 12.1. The summed E-state index contributed by atoms with van der Waals surface area (Å²) in [6.45, 7) is 2.64. The summed E-state index contributed by atoms with van der Waals surface area (Å²) < 4.78 is 5.30. The summed E-state index contributed by atoms with van der Waals surface area (Å²) in [5.74, 6) is -0.462. The second-order valence-corrected chi connectivity index (χ2v) is 6.33. The Labute approximate surface area is 144 Å². The molecular formula is C21H28O3. The SMILES string of the molecule is CCCCCCCCCCOC(=O)c1cc2ccccc2cc1O. The number of ether oxygens (including phenoxy) is 1. The zero-order chi connectivity index (χ0) is 17.2. The first-order chi connectivity index (χ1) is 11.7. The predicted molar refractivity (Wildman–Crippen MR) is 98.5 cm³/mol. The van der Waals surface area contributed by atoms with Crippen molar-refractivity contribution in [3.05, 3.63) is 42.0 Å². The molecule has 0 aromatic heterocycles. The summed E-state index contributed by atoms with van der Waals surface area (Å²) in [6.07, 6.45) is 9.66. The van der Waals surface area contributed by atoms with Crippen molar-refractivity contribution in [3.63, 3.8) is 0 Å². The molecule has 2 aromatic carbocycles. The molecule has 0 bridgehead atoms. The monoisotopic (exact) mass is 328 g/mol. The van der Waals surface area contributed by atoms with Crippen LogP contribution >= 0.6 is 0 Å². The molecule has 0 unspecified atom stereocenters. The molecule has 0 heterocycles.